The quantitative estimate of drug-likeness (QED) is 0.0355. The molecule has 0 heterocycles. The molecule has 1 amide bonds. The molecular weight excluding hydrogens is 546 g/mol. The molecule has 3 unspecified atom stereocenters. The highest BCUT2D eigenvalue weighted by Gasteiger charge is 2.22. The number of hydrogen-bond donors (Lipinski definition) is 4. The zero-order valence-corrected chi connectivity index (χ0v) is 28.5. The van der Waals surface area contributed by atoms with Crippen molar-refractivity contribution in [1.82, 2.24) is 5.32 Å². The Labute approximate surface area is 271 Å². The van der Waals surface area contributed by atoms with Crippen molar-refractivity contribution >= 4 is 5.91 Å². The molecule has 0 fully saturated rings. The number of nitrogens with one attached hydrogen (secondary N) is 1. The summed E-state index contributed by atoms with van der Waals surface area (Å²) in [5.74, 6) is -0.527. The van der Waals surface area contributed by atoms with Gasteiger partial charge in [0, 0.05) is 0 Å². The minimum absolute atomic E-state index is 0.386. The second-order valence-electron chi connectivity index (χ2n) is 12.1. The van der Waals surface area contributed by atoms with Gasteiger partial charge in [-0.3, -0.25) is 4.79 Å². The molecule has 0 aliphatic heterocycles. The van der Waals surface area contributed by atoms with Gasteiger partial charge in [-0.2, -0.15) is 0 Å². The molecule has 0 radical (unpaired) electrons. The van der Waals surface area contributed by atoms with Crippen molar-refractivity contribution in [3.8, 4) is 0 Å². The van der Waals surface area contributed by atoms with Crippen LogP contribution in [0.2, 0.25) is 0 Å². The van der Waals surface area contributed by atoms with Crippen LogP contribution in [-0.4, -0.2) is 46.1 Å². The van der Waals surface area contributed by atoms with Crippen LogP contribution in [0.15, 0.2) is 60.8 Å². The predicted octanol–water partition coefficient (Wildman–Crippen LogP) is 9.59. The Hall–Kier alpha value is -1.95. The molecule has 0 saturated heterocycles. The summed E-state index contributed by atoms with van der Waals surface area (Å²) in [4.78, 5) is 12.4. The zero-order chi connectivity index (χ0) is 32.4. The number of carbonyl (C=O) groups excluding carboxylic acids is 1. The van der Waals surface area contributed by atoms with E-state index in [0.29, 0.717) is 6.42 Å². The van der Waals surface area contributed by atoms with Gasteiger partial charge in [-0.25, -0.2) is 0 Å². The molecule has 0 aromatic rings. The molecule has 0 aliphatic carbocycles. The number of aliphatic hydroxyl groups is 3. The molecule has 254 valence electrons. The highest BCUT2D eigenvalue weighted by molar-refractivity contribution is 5.80. The average Bonchev–Trinajstić information content (AvgIpc) is 3.03. The van der Waals surface area contributed by atoms with Gasteiger partial charge in [0.15, 0.2) is 0 Å². The minimum atomic E-state index is -1.11. The molecule has 5 heteroatoms. The predicted molar refractivity (Wildman–Crippen MR) is 190 cm³/mol. The third kappa shape index (κ3) is 28.8. The molecule has 0 aliphatic rings. The highest BCUT2D eigenvalue weighted by atomic mass is 16.3. The van der Waals surface area contributed by atoms with Gasteiger partial charge in [-0.05, 0) is 64.2 Å². The first kappa shape index (κ1) is 42.0. The van der Waals surface area contributed by atoms with Gasteiger partial charge in [0.25, 0.3) is 0 Å². The van der Waals surface area contributed by atoms with Crippen LogP contribution in [0.4, 0.5) is 0 Å². The van der Waals surface area contributed by atoms with E-state index >= 15 is 0 Å². The third-order valence-corrected chi connectivity index (χ3v) is 7.84. The van der Waals surface area contributed by atoms with Crippen LogP contribution in [0.3, 0.4) is 0 Å². The van der Waals surface area contributed by atoms with Crippen LogP contribution in [0, 0.1) is 0 Å². The van der Waals surface area contributed by atoms with Gasteiger partial charge in [-0.1, -0.05) is 152 Å². The maximum Gasteiger partial charge on any atom is 0.249 e. The molecule has 5 nitrogen and oxygen atoms in total. The number of aliphatic hydroxyl groups excluding tert-OH is 3. The Kier molecular flexibility index (Phi) is 32.4. The maximum atomic E-state index is 12.4. The van der Waals surface area contributed by atoms with Gasteiger partial charge in [-0.15, -0.1) is 0 Å². The number of carbonyl (C=O) groups is 1. The largest absolute Gasteiger partial charge is 0.394 e. The molecule has 0 rings (SSSR count). The summed E-state index contributed by atoms with van der Waals surface area (Å²) in [7, 11) is 0. The Bertz CT molecular complexity index is 770. The van der Waals surface area contributed by atoms with Gasteiger partial charge in [0.1, 0.15) is 6.10 Å². The summed E-state index contributed by atoms with van der Waals surface area (Å²) in [6.45, 7) is 4.06. The fourth-order valence-corrected chi connectivity index (χ4v) is 4.90. The van der Waals surface area contributed by atoms with E-state index in [1.165, 1.54) is 89.9 Å². The lowest BCUT2D eigenvalue weighted by Crippen LogP contribution is -2.48. The molecule has 4 N–H and O–H groups in total. The summed E-state index contributed by atoms with van der Waals surface area (Å²) >= 11 is 0. The standard InChI is InChI=1S/C39H69NO4/c1-3-5-7-9-11-13-15-17-18-19-20-21-22-24-26-28-30-32-34-38(43)39(44)40-36(35-41)37(42)33-31-29-27-25-23-16-14-12-10-8-6-4-2/h10-13,15,17,23,25,31,33,36-38,41-43H,3-9,14,16,18-22,24,26-30,32,34-35H2,1-2H3,(H,40,44)/b12-10+,13-11-,17-15-,25-23+,33-31+. The van der Waals surface area contributed by atoms with Crippen molar-refractivity contribution < 1.29 is 20.1 Å². The van der Waals surface area contributed by atoms with Gasteiger partial charge in [0.05, 0.1) is 18.8 Å². The number of allylic oxidation sites excluding steroid dienone is 9. The molecule has 0 saturated carbocycles. The number of amides is 1. The monoisotopic (exact) mass is 616 g/mol. The Morgan fingerprint density at radius 2 is 1.02 bits per heavy atom. The van der Waals surface area contributed by atoms with Crippen LogP contribution in [0.5, 0.6) is 0 Å². The van der Waals surface area contributed by atoms with Crippen molar-refractivity contribution in [1.29, 1.82) is 0 Å². The van der Waals surface area contributed by atoms with E-state index in [2.05, 4.69) is 67.8 Å². The molecule has 0 spiro atoms. The highest BCUT2D eigenvalue weighted by Crippen LogP contribution is 2.13. The second kappa shape index (κ2) is 33.9. The Morgan fingerprint density at radius 3 is 1.57 bits per heavy atom. The molecule has 0 aromatic carbocycles. The van der Waals surface area contributed by atoms with Crippen LogP contribution >= 0.6 is 0 Å². The summed E-state index contributed by atoms with van der Waals surface area (Å²) in [5, 5.41) is 32.9. The summed E-state index contributed by atoms with van der Waals surface area (Å²) in [6, 6.07) is -0.823. The fraction of sp³-hybridized carbons (Fsp3) is 0.718. The van der Waals surface area contributed by atoms with E-state index in [1.807, 2.05) is 6.08 Å². The lowest BCUT2D eigenvalue weighted by molar-refractivity contribution is -0.131. The van der Waals surface area contributed by atoms with E-state index in [-0.39, 0.29) is 6.61 Å². The lowest BCUT2D eigenvalue weighted by Gasteiger charge is -2.21. The third-order valence-electron chi connectivity index (χ3n) is 7.84. The van der Waals surface area contributed by atoms with E-state index in [9.17, 15) is 20.1 Å². The van der Waals surface area contributed by atoms with Crippen molar-refractivity contribution in [3.63, 3.8) is 0 Å². The van der Waals surface area contributed by atoms with Crippen molar-refractivity contribution in [2.24, 2.45) is 0 Å². The van der Waals surface area contributed by atoms with Gasteiger partial charge >= 0.3 is 0 Å². The van der Waals surface area contributed by atoms with Gasteiger partial charge < -0.3 is 20.6 Å². The number of hydrogen-bond acceptors (Lipinski definition) is 4. The normalized spacial score (nSPS) is 14.6. The van der Waals surface area contributed by atoms with E-state index < -0.39 is 24.2 Å². The Balaban J connectivity index is 3.82. The van der Waals surface area contributed by atoms with Crippen LogP contribution in [0.1, 0.15) is 155 Å². The molecule has 44 heavy (non-hydrogen) atoms. The van der Waals surface area contributed by atoms with Crippen molar-refractivity contribution in [3.05, 3.63) is 60.8 Å². The molecular formula is C39H69NO4. The first-order valence-electron chi connectivity index (χ1n) is 18.1. The summed E-state index contributed by atoms with van der Waals surface area (Å²) < 4.78 is 0. The lowest BCUT2D eigenvalue weighted by atomic mass is 10.0. The van der Waals surface area contributed by atoms with E-state index in [4.69, 9.17) is 0 Å². The first-order valence-corrected chi connectivity index (χ1v) is 18.1. The van der Waals surface area contributed by atoms with Crippen LogP contribution < -0.4 is 5.32 Å². The number of rotatable bonds is 31. The second-order valence-corrected chi connectivity index (χ2v) is 12.1. The first-order chi connectivity index (χ1) is 21.6. The van der Waals surface area contributed by atoms with Crippen molar-refractivity contribution in [2.75, 3.05) is 6.61 Å². The average molecular weight is 616 g/mol. The number of unbranched alkanes of at least 4 members (excludes halogenated alkanes) is 16. The van der Waals surface area contributed by atoms with E-state index in [0.717, 1.165) is 44.9 Å². The van der Waals surface area contributed by atoms with Crippen molar-refractivity contribution in [2.45, 2.75) is 173 Å². The van der Waals surface area contributed by atoms with Crippen LogP contribution in [-0.2, 0) is 4.79 Å². The maximum absolute atomic E-state index is 12.4. The van der Waals surface area contributed by atoms with Crippen LogP contribution in [0.25, 0.3) is 0 Å². The van der Waals surface area contributed by atoms with Gasteiger partial charge in [0.2, 0.25) is 5.91 Å². The molecule has 3 atom stereocenters. The SMILES string of the molecule is CCCC/C=C/CC/C=C/CC/C=C/C(O)C(CO)NC(=O)C(O)CCCCCCCCCCC/C=C\C=C/CCCCC. The smallest absolute Gasteiger partial charge is 0.249 e. The summed E-state index contributed by atoms with van der Waals surface area (Å²) in [6.07, 6.45) is 43.7. The molecule has 0 aromatic heterocycles. The Morgan fingerprint density at radius 1 is 0.568 bits per heavy atom. The summed E-state index contributed by atoms with van der Waals surface area (Å²) in [5.41, 5.74) is 0. The fourth-order valence-electron chi connectivity index (χ4n) is 4.90. The topological polar surface area (TPSA) is 89.8 Å². The minimum Gasteiger partial charge on any atom is -0.394 e. The zero-order valence-electron chi connectivity index (χ0n) is 28.5. The molecule has 0 bridgehead atoms. The van der Waals surface area contributed by atoms with E-state index in [1.54, 1.807) is 6.08 Å².